The molecule has 1 saturated heterocycles. The van der Waals surface area contributed by atoms with E-state index in [2.05, 4.69) is 15.0 Å². The van der Waals surface area contributed by atoms with Crippen molar-refractivity contribution in [1.82, 2.24) is 15.0 Å². The summed E-state index contributed by atoms with van der Waals surface area (Å²) in [4.78, 5) is 19.1. The third-order valence-electron chi connectivity index (χ3n) is 4.53. The van der Waals surface area contributed by atoms with Crippen LogP contribution in [0.2, 0.25) is 0 Å². The summed E-state index contributed by atoms with van der Waals surface area (Å²) >= 11 is 1.67. The van der Waals surface area contributed by atoms with Crippen LogP contribution < -0.4 is 4.74 Å². The monoisotopic (exact) mass is 345 g/mol. The van der Waals surface area contributed by atoms with Crippen LogP contribution in [0.15, 0.2) is 28.8 Å². The molecule has 1 aromatic heterocycles. The third-order valence-corrected chi connectivity index (χ3v) is 5.08. The molecule has 0 N–H and O–H groups in total. The number of carbonyl (C=O) groups is 1. The highest BCUT2D eigenvalue weighted by Crippen LogP contribution is 2.38. The fraction of sp³-hybridized carbons (Fsp3) is 0.471. The van der Waals surface area contributed by atoms with Gasteiger partial charge in [0.1, 0.15) is 11.4 Å². The van der Waals surface area contributed by atoms with Gasteiger partial charge in [0.05, 0.1) is 24.3 Å². The van der Waals surface area contributed by atoms with E-state index in [9.17, 15) is 4.79 Å². The van der Waals surface area contributed by atoms with Crippen LogP contribution in [0.25, 0.3) is 0 Å². The first-order chi connectivity index (χ1) is 11.7. The highest BCUT2D eigenvalue weighted by molar-refractivity contribution is 7.97. The van der Waals surface area contributed by atoms with Gasteiger partial charge in [0, 0.05) is 19.5 Å². The van der Waals surface area contributed by atoms with E-state index < -0.39 is 5.60 Å². The van der Waals surface area contributed by atoms with Gasteiger partial charge in [0.15, 0.2) is 11.6 Å². The topological polar surface area (TPSA) is 68.5 Å². The Morgan fingerprint density at radius 1 is 1.38 bits per heavy atom. The van der Waals surface area contributed by atoms with Crippen LogP contribution in [-0.4, -0.2) is 45.8 Å². The molecule has 126 valence electrons. The molecule has 0 radical (unpaired) electrons. The molecule has 2 aromatic rings. The van der Waals surface area contributed by atoms with Gasteiger partial charge in [-0.25, -0.2) is 0 Å². The molecule has 1 aromatic carbocycles. The Labute approximate surface area is 144 Å². The molecule has 6 nitrogen and oxygen atoms in total. The normalized spacial score (nSPS) is 23.5. The Hall–Kier alpha value is -1.86. The number of thioether (sulfide) groups is 1. The second-order valence-corrected chi connectivity index (χ2v) is 7.25. The number of hydrogen-bond donors (Lipinski definition) is 0. The van der Waals surface area contributed by atoms with Crippen LogP contribution in [0.4, 0.5) is 0 Å². The van der Waals surface area contributed by atoms with Gasteiger partial charge in [-0.05, 0) is 18.4 Å². The van der Waals surface area contributed by atoms with E-state index in [0.29, 0.717) is 36.7 Å². The van der Waals surface area contributed by atoms with Gasteiger partial charge >= 0.3 is 0 Å². The number of benzene rings is 1. The van der Waals surface area contributed by atoms with Crippen molar-refractivity contribution in [3.63, 3.8) is 0 Å². The van der Waals surface area contributed by atoms with Crippen molar-refractivity contribution in [3.8, 4) is 5.75 Å². The van der Waals surface area contributed by atoms with Crippen molar-refractivity contribution in [2.45, 2.75) is 30.7 Å². The summed E-state index contributed by atoms with van der Waals surface area (Å²) in [6.45, 7) is 2.16. The first-order valence-corrected chi connectivity index (χ1v) is 9.41. The number of hydrogen-bond acceptors (Lipinski definition) is 7. The van der Waals surface area contributed by atoms with Crippen LogP contribution >= 0.6 is 11.8 Å². The number of likely N-dealkylation sites (tertiary alicyclic amines) is 1. The number of para-hydroxylation sites is 1. The van der Waals surface area contributed by atoms with Crippen LogP contribution in [0.3, 0.4) is 0 Å². The number of ether oxygens (including phenoxy) is 1. The van der Waals surface area contributed by atoms with E-state index in [0.717, 1.165) is 24.5 Å². The van der Waals surface area contributed by atoms with Gasteiger partial charge in [-0.1, -0.05) is 17.3 Å². The lowest BCUT2D eigenvalue weighted by Gasteiger charge is -2.34. The van der Waals surface area contributed by atoms with Crippen molar-refractivity contribution in [2.75, 3.05) is 19.3 Å². The van der Waals surface area contributed by atoms with Gasteiger partial charge < -0.3 is 9.26 Å². The van der Waals surface area contributed by atoms with Gasteiger partial charge in [-0.3, -0.25) is 9.69 Å². The van der Waals surface area contributed by atoms with Crippen molar-refractivity contribution in [1.29, 1.82) is 0 Å². The van der Waals surface area contributed by atoms with Crippen molar-refractivity contribution >= 4 is 17.5 Å². The van der Waals surface area contributed by atoms with E-state index in [1.807, 2.05) is 30.5 Å². The molecule has 0 aliphatic carbocycles. The predicted octanol–water partition coefficient (Wildman–Crippen LogP) is 2.54. The maximum atomic E-state index is 12.4. The lowest BCUT2D eigenvalue weighted by molar-refractivity contribution is 0.0449. The molecule has 1 atom stereocenters. The zero-order chi connectivity index (χ0) is 16.6. The Morgan fingerprint density at radius 2 is 2.25 bits per heavy atom. The summed E-state index contributed by atoms with van der Waals surface area (Å²) < 4.78 is 11.5. The van der Waals surface area contributed by atoms with Crippen LogP contribution in [0.1, 0.15) is 34.9 Å². The van der Waals surface area contributed by atoms with Gasteiger partial charge in [-0.15, -0.1) is 0 Å². The molecule has 7 heteroatoms. The second-order valence-electron chi connectivity index (χ2n) is 6.38. The van der Waals surface area contributed by atoms with E-state index in [4.69, 9.17) is 9.26 Å². The van der Waals surface area contributed by atoms with E-state index in [1.165, 1.54) is 0 Å². The summed E-state index contributed by atoms with van der Waals surface area (Å²) in [5.41, 5.74) is 0.272. The predicted molar refractivity (Wildman–Crippen MR) is 90.2 cm³/mol. The van der Waals surface area contributed by atoms with E-state index in [1.54, 1.807) is 11.8 Å². The first kappa shape index (κ1) is 15.7. The fourth-order valence-corrected chi connectivity index (χ4v) is 3.84. The zero-order valence-electron chi connectivity index (χ0n) is 13.5. The summed E-state index contributed by atoms with van der Waals surface area (Å²) in [6.07, 6.45) is 3.27. The quantitative estimate of drug-likeness (QED) is 0.843. The average molecular weight is 345 g/mol. The largest absolute Gasteiger partial charge is 0.485 e. The first-order valence-electron chi connectivity index (χ1n) is 8.01. The van der Waals surface area contributed by atoms with Gasteiger partial charge in [-0.2, -0.15) is 16.7 Å². The molecule has 0 saturated carbocycles. The molecule has 2 aliphatic heterocycles. The minimum absolute atomic E-state index is 0.166. The number of carbonyl (C=O) groups excluding carboxylic acids is 1. The molecular formula is C17H19N3O3S. The maximum Gasteiger partial charge on any atom is 0.240 e. The number of nitrogens with zero attached hydrogens (tertiary/aromatic N) is 3. The number of fused-ring (bicyclic) bond motifs is 1. The summed E-state index contributed by atoms with van der Waals surface area (Å²) in [6, 6.07) is 7.50. The number of rotatable bonds is 4. The van der Waals surface area contributed by atoms with Crippen LogP contribution in [0.5, 0.6) is 5.75 Å². The second kappa shape index (κ2) is 6.22. The minimum Gasteiger partial charge on any atom is -0.485 e. The number of ketones is 1. The molecule has 0 amide bonds. The SMILES string of the molecule is CSCc1noc(CN2CC[C@]3(CC(=O)c4ccccc4O3)C2)n1. The molecule has 0 unspecified atom stereocenters. The average Bonchev–Trinajstić information content (AvgIpc) is 3.16. The number of aromatic nitrogens is 2. The smallest absolute Gasteiger partial charge is 0.240 e. The summed E-state index contributed by atoms with van der Waals surface area (Å²) in [7, 11) is 0. The molecular weight excluding hydrogens is 326 g/mol. The van der Waals surface area contributed by atoms with Crippen molar-refractivity contribution in [2.24, 2.45) is 0 Å². The Balaban J connectivity index is 1.45. The Bertz CT molecular complexity index is 763. The Kier molecular flexibility index (Phi) is 4.05. The van der Waals surface area contributed by atoms with Crippen molar-refractivity contribution < 1.29 is 14.1 Å². The van der Waals surface area contributed by atoms with Crippen LogP contribution in [-0.2, 0) is 12.3 Å². The molecule has 24 heavy (non-hydrogen) atoms. The minimum atomic E-state index is -0.423. The zero-order valence-corrected chi connectivity index (χ0v) is 14.3. The molecule has 4 rings (SSSR count). The fourth-order valence-electron chi connectivity index (χ4n) is 3.47. The maximum absolute atomic E-state index is 12.4. The highest BCUT2D eigenvalue weighted by atomic mass is 32.2. The Morgan fingerprint density at radius 3 is 3.12 bits per heavy atom. The number of Topliss-reactive ketones (excluding diaryl/α,β-unsaturated/α-hetero) is 1. The van der Waals surface area contributed by atoms with E-state index in [-0.39, 0.29) is 5.78 Å². The lowest BCUT2D eigenvalue weighted by Crippen LogP contribution is -2.44. The highest BCUT2D eigenvalue weighted by Gasteiger charge is 2.45. The van der Waals surface area contributed by atoms with Crippen LogP contribution in [0, 0.1) is 0 Å². The lowest BCUT2D eigenvalue weighted by atomic mass is 9.89. The molecule has 0 bridgehead atoms. The molecule has 1 fully saturated rings. The van der Waals surface area contributed by atoms with Gasteiger partial charge in [0.2, 0.25) is 5.89 Å². The third kappa shape index (κ3) is 2.93. The van der Waals surface area contributed by atoms with Gasteiger partial charge in [0.25, 0.3) is 0 Å². The molecule has 2 aliphatic rings. The van der Waals surface area contributed by atoms with E-state index >= 15 is 0 Å². The standard InChI is InChI=1S/C17H19N3O3S/c1-24-10-15-18-16(23-19-15)9-20-7-6-17(11-20)8-13(21)12-4-2-3-5-14(12)22-17/h2-5H,6-11H2,1H3/t17-/m0/s1. The molecule has 1 spiro atoms. The molecule has 3 heterocycles. The summed E-state index contributed by atoms with van der Waals surface area (Å²) in [5.74, 6) is 2.97. The summed E-state index contributed by atoms with van der Waals surface area (Å²) in [5, 5.41) is 3.97. The van der Waals surface area contributed by atoms with Crippen molar-refractivity contribution in [3.05, 3.63) is 41.5 Å².